The van der Waals surface area contributed by atoms with Gasteiger partial charge in [0.25, 0.3) is 0 Å². The second kappa shape index (κ2) is 9.35. The molecule has 0 atom stereocenters. The number of likely N-dealkylation sites (tertiary alicyclic amines) is 1. The SMILES string of the molecule is CN=C(NCc1ccc(F)c(CN(C)C)c1)N1CCC2(CCCC2)C1.I. The van der Waals surface area contributed by atoms with Gasteiger partial charge in [-0.3, -0.25) is 4.99 Å². The second-order valence-electron chi connectivity index (χ2n) is 7.94. The van der Waals surface area contributed by atoms with Crippen LogP contribution in [0.2, 0.25) is 0 Å². The Labute approximate surface area is 174 Å². The van der Waals surface area contributed by atoms with Crippen LogP contribution in [-0.2, 0) is 13.1 Å². The minimum atomic E-state index is -0.135. The summed E-state index contributed by atoms with van der Waals surface area (Å²) in [6.45, 7) is 3.51. The van der Waals surface area contributed by atoms with Crippen molar-refractivity contribution in [2.75, 3.05) is 34.2 Å². The molecule has 2 aliphatic rings. The van der Waals surface area contributed by atoms with E-state index in [4.69, 9.17) is 0 Å². The number of nitrogens with one attached hydrogen (secondary N) is 1. The Hall–Kier alpha value is -0.890. The van der Waals surface area contributed by atoms with E-state index in [-0.39, 0.29) is 29.8 Å². The summed E-state index contributed by atoms with van der Waals surface area (Å²) in [5, 5.41) is 3.47. The molecule has 1 aliphatic carbocycles. The maximum Gasteiger partial charge on any atom is 0.193 e. The average Bonchev–Trinajstić information content (AvgIpc) is 3.21. The summed E-state index contributed by atoms with van der Waals surface area (Å²) >= 11 is 0. The molecule has 1 aliphatic heterocycles. The first-order chi connectivity index (χ1) is 12.0. The van der Waals surface area contributed by atoms with Gasteiger partial charge in [0.15, 0.2) is 5.96 Å². The number of nitrogens with zero attached hydrogens (tertiary/aromatic N) is 3. The number of aliphatic imine (C=N–C) groups is 1. The lowest BCUT2D eigenvalue weighted by molar-refractivity contribution is 0.309. The summed E-state index contributed by atoms with van der Waals surface area (Å²) in [6.07, 6.45) is 6.78. The number of hydrogen-bond acceptors (Lipinski definition) is 2. The van der Waals surface area contributed by atoms with Gasteiger partial charge in [-0.05, 0) is 56.5 Å². The van der Waals surface area contributed by atoms with Crippen LogP contribution in [0.15, 0.2) is 23.2 Å². The van der Waals surface area contributed by atoms with Gasteiger partial charge in [-0.1, -0.05) is 18.9 Å². The van der Waals surface area contributed by atoms with Gasteiger partial charge < -0.3 is 15.1 Å². The highest BCUT2D eigenvalue weighted by Crippen LogP contribution is 2.45. The van der Waals surface area contributed by atoms with E-state index in [9.17, 15) is 4.39 Å². The molecule has 0 aromatic heterocycles. The molecule has 0 unspecified atom stereocenters. The van der Waals surface area contributed by atoms with Crippen molar-refractivity contribution in [3.05, 3.63) is 35.1 Å². The van der Waals surface area contributed by atoms with Crippen LogP contribution in [0, 0.1) is 11.2 Å². The van der Waals surface area contributed by atoms with Crippen LogP contribution >= 0.6 is 24.0 Å². The maximum absolute atomic E-state index is 13.9. The van der Waals surface area contributed by atoms with Gasteiger partial charge in [0, 0.05) is 38.8 Å². The van der Waals surface area contributed by atoms with Crippen LogP contribution in [0.25, 0.3) is 0 Å². The van der Waals surface area contributed by atoms with E-state index in [2.05, 4.69) is 15.2 Å². The minimum Gasteiger partial charge on any atom is -0.352 e. The summed E-state index contributed by atoms with van der Waals surface area (Å²) in [7, 11) is 5.76. The Morgan fingerprint density at radius 2 is 2.00 bits per heavy atom. The zero-order valence-electron chi connectivity index (χ0n) is 16.2. The molecule has 1 saturated carbocycles. The van der Waals surface area contributed by atoms with Crippen molar-refractivity contribution < 1.29 is 4.39 Å². The van der Waals surface area contributed by atoms with Crippen molar-refractivity contribution in [1.82, 2.24) is 15.1 Å². The Bertz CT molecular complexity index is 626. The van der Waals surface area contributed by atoms with E-state index in [1.165, 1.54) is 32.1 Å². The summed E-state index contributed by atoms with van der Waals surface area (Å²) in [4.78, 5) is 8.86. The van der Waals surface area contributed by atoms with Gasteiger partial charge >= 0.3 is 0 Å². The fourth-order valence-electron chi connectivity index (χ4n) is 4.36. The first kappa shape index (κ1) is 21.4. The van der Waals surface area contributed by atoms with Crippen LogP contribution in [-0.4, -0.2) is 50.0 Å². The highest BCUT2D eigenvalue weighted by atomic mass is 127. The second-order valence-corrected chi connectivity index (χ2v) is 7.94. The molecule has 1 aromatic carbocycles. The van der Waals surface area contributed by atoms with Crippen LogP contribution in [0.5, 0.6) is 0 Å². The Kier molecular flexibility index (Phi) is 7.70. The molecule has 146 valence electrons. The van der Waals surface area contributed by atoms with E-state index in [1.54, 1.807) is 6.07 Å². The Morgan fingerprint density at radius 3 is 2.65 bits per heavy atom. The first-order valence-corrected chi connectivity index (χ1v) is 9.39. The molecular weight excluding hydrogens is 442 g/mol. The summed E-state index contributed by atoms with van der Waals surface area (Å²) in [6, 6.07) is 5.39. The van der Waals surface area contributed by atoms with Crippen molar-refractivity contribution in [3.8, 4) is 0 Å². The lowest BCUT2D eigenvalue weighted by Gasteiger charge is -2.26. The predicted molar refractivity (Wildman–Crippen MR) is 116 cm³/mol. The Morgan fingerprint density at radius 1 is 1.27 bits per heavy atom. The third kappa shape index (κ3) is 5.09. The fraction of sp³-hybridized carbons (Fsp3) is 0.650. The lowest BCUT2D eigenvalue weighted by atomic mass is 9.86. The van der Waals surface area contributed by atoms with Crippen molar-refractivity contribution in [3.63, 3.8) is 0 Å². The smallest absolute Gasteiger partial charge is 0.193 e. The normalized spacial score (nSPS) is 19.3. The Balaban J connectivity index is 0.00000243. The van der Waals surface area contributed by atoms with Gasteiger partial charge in [-0.2, -0.15) is 0 Å². The standard InChI is InChI=1S/C20H31FN4.HI/c1-22-19(25-11-10-20(15-25)8-4-5-9-20)23-13-16-6-7-18(21)17(12-16)14-24(2)3;/h6-7,12H,4-5,8-11,13-15H2,1-3H3,(H,22,23);1H. The van der Waals surface area contributed by atoms with E-state index < -0.39 is 0 Å². The van der Waals surface area contributed by atoms with Crippen LogP contribution < -0.4 is 5.32 Å². The molecule has 6 heteroatoms. The van der Waals surface area contributed by atoms with Crippen LogP contribution in [0.4, 0.5) is 4.39 Å². The van der Waals surface area contributed by atoms with Crippen LogP contribution in [0.1, 0.15) is 43.2 Å². The largest absolute Gasteiger partial charge is 0.352 e. The predicted octanol–water partition coefficient (Wildman–Crippen LogP) is 3.85. The number of benzene rings is 1. The molecule has 1 saturated heterocycles. The van der Waals surface area contributed by atoms with Crippen molar-refractivity contribution in [1.29, 1.82) is 0 Å². The molecule has 0 bridgehead atoms. The fourth-order valence-corrected chi connectivity index (χ4v) is 4.36. The zero-order chi connectivity index (χ0) is 17.9. The molecule has 1 spiro atoms. The highest BCUT2D eigenvalue weighted by molar-refractivity contribution is 14.0. The van der Waals surface area contributed by atoms with E-state index in [0.717, 1.165) is 30.2 Å². The maximum atomic E-state index is 13.9. The summed E-state index contributed by atoms with van der Waals surface area (Å²) < 4.78 is 13.9. The zero-order valence-corrected chi connectivity index (χ0v) is 18.6. The monoisotopic (exact) mass is 474 g/mol. The number of hydrogen-bond donors (Lipinski definition) is 1. The highest BCUT2D eigenvalue weighted by Gasteiger charge is 2.41. The van der Waals surface area contributed by atoms with E-state index in [1.807, 2.05) is 38.2 Å². The van der Waals surface area contributed by atoms with Gasteiger partial charge in [-0.25, -0.2) is 4.39 Å². The third-order valence-electron chi connectivity index (χ3n) is 5.66. The topological polar surface area (TPSA) is 30.9 Å². The van der Waals surface area contributed by atoms with E-state index >= 15 is 0 Å². The minimum absolute atomic E-state index is 0. The van der Waals surface area contributed by atoms with Gasteiger partial charge in [0.2, 0.25) is 0 Å². The molecule has 1 N–H and O–H groups in total. The molecule has 3 rings (SSSR count). The van der Waals surface area contributed by atoms with Gasteiger partial charge in [0.1, 0.15) is 5.82 Å². The molecule has 1 heterocycles. The molecule has 1 aromatic rings. The van der Waals surface area contributed by atoms with E-state index in [0.29, 0.717) is 18.5 Å². The first-order valence-electron chi connectivity index (χ1n) is 9.39. The number of guanidine groups is 1. The van der Waals surface area contributed by atoms with Crippen molar-refractivity contribution >= 4 is 29.9 Å². The summed E-state index contributed by atoms with van der Waals surface area (Å²) in [5.41, 5.74) is 2.37. The molecular formula is C20H32FIN4. The molecule has 2 fully saturated rings. The lowest BCUT2D eigenvalue weighted by Crippen LogP contribution is -2.40. The van der Waals surface area contributed by atoms with Crippen molar-refractivity contribution in [2.45, 2.75) is 45.2 Å². The number of rotatable bonds is 4. The van der Waals surface area contributed by atoms with Gasteiger partial charge in [-0.15, -0.1) is 24.0 Å². The molecule has 4 nitrogen and oxygen atoms in total. The van der Waals surface area contributed by atoms with Crippen molar-refractivity contribution in [2.24, 2.45) is 10.4 Å². The third-order valence-corrected chi connectivity index (χ3v) is 5.66. The molecule has 0 radical (unpaired) electrons. The molecule has 26 heavy (non-hydrogen) atoms. The summed E-state index contributed by atoms with van der Waals surface area (Å²) in [5.74, 6) is 0.840. The molecule has 0 amide bonds. The van der Waals surface area contributed by atoms with Gasteiger partial charge in [0.05, 0.1) is 0 Å². The quantitative estimate of drug-likeness (QED) is 0.409. The number of halogens is 2. The van der Waals surface area contributed by atoms with Crippen LogP contribution in [0.3, 0.4) is 0 Å². The average molecular weight is 474 g/mol.